The van der Waals surface area contributed by atoms with E-state index in [4.69, 9.17) is 19.4 Å². The number of pyridine rings is 1. The zero-order chi connectivity index (χ0) is 37.4. The van der Waals surface area contributed by atoms with E-state index in [2.05, 4.69) is 166 Å². The molecule has 0 saturated carbocycles. The van der Waals surface area contributed by atoms with Gasteiger partial charge in [0.15, 0.2) is 11.4 Å². The van der Waals surface area contributed by atoms with E-state index in [-0.39, 0.29) is 5.41 Å². The number of aromatic nitrogens is 3. The molecule has 0 atom stereocenters. The first-order chi connectivity index (χ1) is 27.5. The normalized spacial score (nSPS) is 13.0. The third-order valence-electron chi connectivity index (χ3n) is 11.5. The summed E-state index contributed by atoms with van der Waals surface area (Å²) in [5.74, 6) is 0.647. The van der Waals surface area contributed by atoms with E-state index in [0.29, 0.717) is 5.82 Å². The van der Waals surface area contributed by atoms with Gasteiger partial charge in [-0.2, -0.15) is 0 Å². The predicted molar refractivity (Wildman–Crippen MR) is 229 cm³/mol. The Morgan fingerprint density at radius 3 is 1.91 bits per heavy atom. The minimum absolute atomic E-state index is 0.131. The Morgan fingerprint density at radius 2 is 1.05 bits per heavy atom. The van der Waals surface area contributed by atoms with Crippen molar-refractivity contribution in [2.75, 3.05) is 0 Å². The summed E-state index contributed by atoms with van der Waals surface area (Å²) in [6, 6.07) is 61.7. The van der Waals surface area contributed by atoms with Gasteiger partial charge in [0.1, 0.15) is 11.3 Å². The second-order valence-corrected chi connectivity index (χ2v) is 15.2. The fourth-order valence-electron chi connectivity index (χ4n) is 8.66. The number of para-hydroxylation sites is 2. The Hall–Kier alpha value is -7.17. The van der Waals surface area contributed by atoms with Gasteiger partial charge < -0.3 is 4.42 Å². The van der Waals surface area contributed by atoms with Gasteiger partial charge >= 0.3 is 0 Å². The van der Waals surface area contributed by atoms with Crippen LogP contribution in [0.5, 0.6) is 0 Å². The van der Waals surface area contributed by atoms with E-state index < -0.39 is 0 Å². The van der Waals surface area contributed by atoms with Gasteiger partial charge in [0.25, 0.3) is 0 Å². The fourth-order valence-corrected chi connectivity index (χ4v) is 8.66. The maximum absolute atomic E-state index is 6.58. The van der Waals surface area contributed by atoms with Crippen LogP contribution in [-0.4, -0.2) is 15.0 Å². The first-order valence-electron chi connectivity index (χ1n) is 19.1. The van der Waals surface area contributed by atoms with Crippen LogP contribution in [0.1, 0.15) is 25.0 Å². The SMILES string of the molecule is CC1(C)c2ccccc2-c2ccc(-c3cc(-c4cccc(-c5ccccc5)c4)nc(-c4cccc(-c5nc6ccccc6c6c5oc5ccccc56)c4)n3)cc21. The summed E-state index contributed by atoms with van der Waals surface area (Å²) in [6.07, 6.45) is 0. The number of hydrogen-bond donors (Lipinski definition) is 0. The quantitative estimate of drug-likeness (QED) is 0.178. The number of fused-ring (bicyclic) bond motifs is 8. The van der Waals surface area contributed by atoms with Crippen molar-refractivity contribution in [2.24, 2.45) is 0 Å². The first-order valence-corrected chi connectivity index (χ1v) is 19.1. The zero-order valence-electron chi connectivity index (χ0n) is 31.0. The second kappa shape index (κ2) is 12.4. The summed E-state index contributed by atoms with van der Waals surface area (Å²) in [6.45, 7) is 4.64. The molecule has 7 aromatic carbocycles. The molecule has 0 bridgehead atoms. The first kappa shape index (κ1) is 32.3. The molecule has 11 rings (SSSR count). The average Bonchev–Trinajstić information content (AvgIpc) is 3.76. The highest BCUT2D eigenvalue weighted by atomic mass is 16.3. The van der Waals surface area contributed by atoms with Crippen molar-refractivity contribution < 1.29 is 4.42 Å². The van der Waals surface area contributed by atoms with Crippen LogP contribution in [0.4, 0.5) is 0 Å². The van der Waals surface area contributed by atoms with Crippen LogP contribution in [0.2, 0.25) is 0 Å². The summed E-state index contributed by atoms with van der Waals surface area (Å²) in [5.41, 5.74) is 16.4. The van der Waals surface area contributed by atoms with E-state index in [9.17, 15) is 0 Å². The van der Waals surface area contributed by atoms with Crippen LogP contribution >= 0.6 is 0 Å². The van der Waals surface area contributed by atoms with Gasteiger partial charge in [0, 0.05) is 43.8 Å². The number of nitrogens with zero attached hydrogens (tertiary/aromatic N) is 3. The Morgan fingerprint density at radius 1 is 0.429 bits per heavy atom. The van der Waals surface area contributed by atoms with Crippen molar-refractivity contribution in [1.29, 1.82) is 0 Å². The van der Waals surface area contributed by atoms with Crippen LogP contribution in [-0.2, 0) is 5.41 Å². The number of benzene rings is 7. The van der Waals surface area contributed by atoms with Gasteiger partial charge in [-0.25, -0.2) is 15.0 Å². The molecule has 10 aromatic rings. The van der Waals surface area contributed by atoms with Crippen molar-refractivity contribution in [3.05, 3.63) is 187 Å². The highest BCUT2D eigenvalue weighted by molar-refractivity contribution is 6.20. The van der Waals surface area contributed by atoms with Gasteiger partial charge in [0.05, 0.1) is 16.9 Å². The summed E-state index contributed by atoms with van der Waals surface area (Å²) < 4.78 is 6.58. The van der Waals surface area contributed by atoms with Crippen molar-refractivity contribution in [1.82, 2.24) is 15.0 Å². The van der Waals surface area contributed by atoms with E-state index in [1.165, 1.54) is 22.3 Å². The molecule has 0 aliphatic heterocycles. The molecule has 0 amide bonds. The summed E-state index contributed by atoms with van der Waals surface area (Å²) >= 11 is 0. The standard InChI is InChI=1S/C52H35N3O/c1-52(2)42-23-9-6-20-38(42)39-27-26-35(30-43(39)52)46-31-45(34-17-12-16-33(28-34)32-14-4-3-5-15-32)54-51(55-46)37-19-13-18-36(29-37)49-50-48(40-21-7-10-24-44(40)53-49)41-22-8-11-25-47(41)56-50/h3-31H,1-2H3. The van der Waals surface area contributed by atoms with Gasteiger partial charge in [-0.15, -0.1) is 0 Å². The molecule has 3 aromatic heterocycles. The fraction of sp³-hybridized carbons (Fsp3) is 0.0577. The van der Waals surface area contributed by atoms with Crippen LogP contribution in [0.15, 0.2) is 180 Å². The molecule has 1 aliphatic carbocycles. The number of furan rings is 1. The molecule has 0 N–H and O–H groups in total. The van der Waals surface area contributed by atoms with Gasteiger partial charge in [-0.1, -0.05) is 153 Å². The lowest BCUT2D eigenvalue weighted by atomic mass is 9.82. The molecular weight excluding hydrogens is 683 g/mol. The summed E-state index contributed by atoms with van der Waals surface area (Å²) in [4.78, 5) is 15.8. The average molecular weight is 718 g/mol. The molecule has 0 fully saturated rings. The van der Waals surface area contributed by atoms with Crippen LogP contribution in [0, 0.1) is 0 Å². The molecule has 4 heteroatoms. The molecule has 1 aliphatic rings. The Balaban J connectivity index is 1.10. The van der Waals surface area contributed by atoms with Crippen LogP contribution in [0.3, 0.4) is 0 Å². The lowest BCUT2D eigenvalue weighted by Crippen LogP contribution is -2.14. The van der Waals surface area contributed by atoms with Crippen LogP contribution in [0.25, 0.3) is 100 Å². The third-order valence-corrected chi connectivity index (χ3v) is 11.5. The summed E-state index contributed by atoms with van der Waals surface area (Å²) in [7, 11) is 0. The molecule has 0 radical (unpaired) electrons. The third kappa shape index (κ3) is 5.10. The Labute approximate surface area is 324 Å². The molecule has 56 heavy (non-hydrogen) atoms. The van der Waals surface area contributed by atoms with Crippen molar-refractivity contribution in [3.8, 4) is 67.4 Å². The van der Waals surface area contributed by atoms with E-state index >= 15 is 0 Å². The van der Waals surface area contributed by atoms with Crippen molar-refractivity contribution >= 4 is 32.8 Å². The topological polar surface area (TPSA) is 51.8 Å². The Bertz CT molecular complexity index is 3180. The monoisotopic (exact) mass is 717 g/mol. The minimum atomic E-state index is -0.131. The lowest BCUT2D eigenvalue weighted by molar-refractivity contribution is 0.660. The highest BCUT2D eigenvalue weighted by Crippen LogP contribution is 2.49. The largest absolute Gasteiger partial charge is 0.454 e. The van der Waals surface area contributed by atoms with Crippen molar-refractivity contribution in [3.63, 3.8) is 0 Å². The van der Waals surface area contributed by atoms with Gasteiger partial charge in [-0.05, 0) is 69.8 Å². The molecule has 264 valence electrons. The Kier molecular flexibility index (Phi) is 7.17. The molecule has 4 nitrogen and oxygen atoms in total. The van der Waals surface area contributed by atoms with Crippen LogP contribution < -0.4 is 0 Å². The van der Waals surface area contributed by atoms with E-state index in [1.807, 2.05) is 24.3 Å². The minimum Gasteiger partial charge on any atom is -0.454 e. The molecule has 0 saturated heterocycles. The maximum Gasteiger partial charge on any atom is 0.162 e. The maximum atomic E-state index is 6.58. The number of rotatable bonds is 5. The molecule has 0 unspecified atom stereocenters. The summed E-state index contributed by atoms with van der Waals surface area (Å²) in [5, 5.41) is 3.23. The van der Waals surface area contributed by atoms with E-state index in [0.717, 1.165) is 83.3 Å². The number of hydrogen-bond acceptors (Lipinski definition) is 4. The van der Waals surface area contributed by atoms with Crippen molar-refractivity contribution in [2.45, 2.75) is 19.3 Å². The molecule has 3 heterocycles. The second-order valence-electron chi connectivity index (χ2n) is 15.2. The predicted octanol–water partition coefficient (Wildman–Crippen LogP) is 13.6. The molecular formula is C52H35N3O. The highest BCUT2D eigenvalue weighted by Gasteiger charge is 2.35. The van der Waals surface area contributed by atoms with E-state index in [1.54, 1.807) is 0 Å². The van der Waals surface area contributed by atoms with Gasteiger partial charge in [0.2, 0.25) is 0 Å². The van der Waals surface area contributed by atoms with Gasteiger partial charge in [-0.3, -0.25) is 0 Å². The zero-order valence-corrected chi connectivity index (χ0v) is 31.0. The lowest BCUT2D eigenvalue weighted by Gasteiger charge is -2.22. The smallest absolute Gasteiger partial charge is 0.162 e. The molecule has 0 spiro atoms.